The molecule has 3 N–H and O–H groups in total. The Balaban J connectivity index is 1.81. The van der Waals surface area contributed by atoms with Crippen molar-refractivity contribution >= 4 is 29.8 Å². The second-order valence-corrected chi connectivity index (χ2v) is 7.99. The number of allylic oxidation sites excluding steroid dienone is 1. The SMILES string of the molecule is N#CC1=C(S)[NH+]=C(N)[C@@H](c2nc(-c3ccccc3)cs2)C12CCCC2. The molecular formula is C19H19N4S2+. The first-order valence-electron chi connectivity index (χ1n) is 8.40. The first-order valence-corrected chi connectivity index (χ1v) is 9.72. The van der Waals surface area contributed by atoms with Crippen LogP contribution in [0, 0.1) is 16.7 Å². The molecule has 1 atom stereocenters. The molecule has 2 aliphatic rings. The maximum absolute atomic E-state index is 9.76. The molecule has 2 aromatic rings. The van der Waals surface area contributed by atoms with Crippen molar-refractivity contribution in [1.82, 2.24) is 4.98 Å². The summed E-state index contributed by atoms with van der Waals surface area (Å²) in [5.41, 5.74) is 8.91. The largest absolute Gasteiger partial charge is 0.290 e. The van der Waals surface area contributed by atoms with Gasteiger partial charge in [0, 0.05) is 16.4 Å². The van der Waals surface area contributed by atoms with E-state index in [1.54, 1.807) is 11.3 Å². The highest BCUT2D eigenvalue weighted by atomic mass is 32.1. The van der Waals surface area contributed by atoms with Crippen molar-refractivity contribution in [3.05, 3.63) is 51.3 Å². The zero-order valence-electron chi connectivity index (χ0n) is 13.7. The maximum Gasteiger partial charge on any atom is 0.257 e. The fourth-order valence-corrected chi connectivity index (χ4v) is 5.65. The van der Waals surface area contributed by atoms with Crippen molar-refractivity contribution in [3.8, 4) is 17.3 Å². The molecule has 1 aromatic carbocycles. The van der Waals surface area contributed by atoms with E-state index in [2.05, 4.69) is 41.2 Å². The topological polar surface area (TPSA) is 76.7 Å². The molecular weight excluding hydrogens is 348 g/mol. The Hall–Kier alpha value is -2.10. The lowest BCUT2D eigenvalue weighted by atomic mass is 9.67. The van der Waals surface area contributed by atoms with E-state index in [1.165, 1.54) is 0 Å². The molecule has 0 saturated heterocycles. The molecule has 4 nitrogen and oxygen atoms in total. The molecule has 1 spiro atoms. The van der Waals surface area contributed by atoms with Crippen LogP contribution in [0.15, 0.2) is 46.3 Å². The minimum atomic E-state index is -0.271. The summed E-state index contributed by atoms with van der Waals surface area (Å²) in [6, 6.07) is 12.5. The third kappa shape index (κ3) is 2.59. The van der Waals surface area contributed by atoms with E-state index in [1.807, 2.05) is 18.2 Å². The minimum absolute atomic E-state index is 0.0805. The Morgan fingerprint density at radius 1 is 1.28 bits per heavy atom. The molecule has 1 aromatic heterocycles. The molecule has 2 heterocycles. The number of rotatable bonds is 2. The molecule has 1 aliphatic heterocycles. The predicted octanol–water partition coefficient (Wildman–Crippen LogP) is 2.57. The molecule has 0 radical (unpaired) electrons. The molecule has 1 aliphatic carbocycles. The summed E-state index contributed by atoms with van der Waals surface area (Å²) in [4.78, 5) is 8.00. The van der Waals surface area contributed by atoms with Crippen LogP contribution in [-0.2, 0) is 0 Å². The number of hydrogen-bond donors (Lipinski definition) is 3. The van der Waals surface area contributed by atoms with Gasteiger partial charge in [-0.05, 0) is 12.8 Å². The minimum Gasteiger partial charge on any atom is -0.290 e. The highest BCUT2D eigenvalue weighted by Crippen LogP contribution is 2.55. The van der Waals surface area contributed by atoms with Gasteiger partial charge in [-0.25, -0.2) is 9.98 Å². The van der Waals surface area contributed by atoms with Crippen LogP contribution >= 0.6 is 24.0 Å². The van der Waals surface area contributed by atoms with Gasteiger partial charge in [0.15, 0.2) is 5.03 Å². The molecule has 1 fully saturated rings. The van der Waals surface area contributed by atoms with Crippen LogP contribution < -0.4 is 10.7 Å². The Morgan fingerprint density at radius 2 is 2.00 bits per heavy atom. The monoisotopic (exact) mass is 367 g/mol. The van der Waals surface area contributed by atoms with Crippen molar-refractivity contribution in [3.63, 3.8) is 0 Å². The van der Waals surface area contributed by atoms with E-state index in [0.717, 1.165) is 47.5 Å². The van der Waals surface area contributed by atoms with Crippen LogP contribution in [0.3, 0.4) is 0 Å². The van der Waals surface area contributed by atoms with Crippen LogP contribution in [0.1, 0.15) is 36.6 Å². The summed E-state index contributed by atoms with van der Waals surface area (Å²) >= 11 is 6.11. The summed E-state index contributed by atoms with van der Waals surface area (Å²) < 4.78 is 0. The Morgan fingerprint density at radius 3 is 2.68 bits per heavy atom. The van der Waals surface area contributed by atoms with Gasteiger partial charge >= 0.3 is 0 Å². The number of amidine groups is 1. The van der Waals surface area contributed by atoms with Gasteiger partial charge in [0.1, 0.15) is 17.0 Å². The number of thiazole rings is 1. The Bertz CT molecular complexity index is 899. The van der Waals surface area contributed by atoms with Crippen molar-refractivity contribution in [2.75, 3.05) is 0 Å². The number of benzene rings is 1. The van der Waals surface area contributed by atoms with E-state index in [-0.39, 0.29) is 11.3 Å². The molecule has 25 heavy (non-hydrogen) atoms. The highest BCUT2D eigenvalue weighted by Gasteiger charge is 2.53. The molecule has 0 bridgehead atoms. The first kappa shape index (κ1) is 16.4. The fraction of sp³-hybridized carbons (Fsp3) is 0.316. The van der Waals surface area contributed by atoms with Crippen molar-refractivity contribution in [2.24, 2.45) is 11.1 Å². The van der Waals surface area contributed by atoms with E-state index in [4.69, 9.17) is 10.7 Å². The third-order valence-corrected chi connectivity index (χ3v) is 6.55. The summed E-state index contributed by atoms with van der Waals surface area (Å²) in [6.07, 6.45) is 4.11. The second-order valence-electron chi connectivity index (χ2n) is 6.65. The Labute approximate surface area is 156 Å². The van der Waals surface area contributed by atoms with E-state index in [9.17, 15) is 5.26 Å². The number of nitrogens with two attached hydrogens (primary N) is 1. The first-order chi connectivity index (χ1) is 12.2. The number of nitrogens with zero attached hydrogens (tertiary/aromatic N) is 2. The normalized spacial score (nSPS) is 22.1. The molecule has 0 unspecified atom stereocenters. The summed E-state index contributed by atoms with van der Waals surface area (Å²) in [7, 11) is 0. The van der Waals surface area contributed by atoms with Gasteiger partial charge in [0.25, 0.3) is 5.84 Å². The lowest BCUT2D eigenvalue weighted by molar-refractivity contribution is -0.390. The molecule has 4 rings (SSSR count). The average Bonchev–Trinajstić information content (AvgIpc) is 3.27. The van der Waals surface area contributed by atoms with Crippen molar-refractivity contribution in [2.45, 2.75) is 31.6 Å². The van der Waals surface area contributed by atoms with Gasteiger partial charge in [-0.3, -0.25) is 5.73 Å². The lowest BCUT2D eigenvalue weighted by Crippen LogP contribution is -2.77. The summed E-state index contributed by atoms with van der Waals surface area (Å²) in [6.45, 7) is 0. The molecule has 6 heteroatoms. The van der Waals surface area contributed by atoms with E-state index >= 15 is 0 Å². The maximum atomic E-state index is 9.76. The molecule has 0 amide bonds. The zero-order valence-corrected chi connectivity index (χ0v) is 15.4. The summed E-state index contributed by atoms with van der Waals surface area (Å²) in [5, 5.41) is 13.4. The van der Waals surface area contributed by atoms with Crippen molar-refractivity contribution < 1.29 is 4.99 Å². The number of nitriles is 1. The third-order valence-electron chi connectivity index (χ3n) is 5.31. The quantitative estimate of drug-likeness (QED) is 0.714. The highest BCUT2D eigenvalue weighted by molar-refractivity contribution is 7.84. The molecule has 1 saturated carbocycles. The second kappa shape index (κ2) is 6.32. The van der Waals surface area contributed by atoms with Crippen LogP contribution in [-0.4, -0.2) is 10.8 Å². The standard InChI is InChI=1S/C19H18N4S2/c20-10-13-17(24)23-16(21)15(19(13)8-4-5-9-19)18-22-14(11-25-18)12-6-2-1-3-7-12/h1-3,6-7,11,15,24H,4-5,8-9H2,(H2,21,23)/p+1/t15-/m0/s1. The smallest absolute Gasteiger partial charge is 0.257 e. The van der Waals surface area contributed by atoms with Gasteiger partial charge in [0.2, 0.25) is 0 Å². The van der Waals surface area contributed by atoms with Gasteiger partial charge < -0.3 is 0 Å². The fourth-order valence-electron chi connectivity index (χ4n) is 4.19. The molecule has 126 valence electrons. The summed E-state index contributed by atoms with van der Waals surface area (Å²) in [5.74, 6) is 0.572. The van der Waals surface area contributed by atoms with Crippen LogP contribution in [0.4, 0.5) is 0 Å². The predicted molar refractivity (Wildman–Crippen MR) is 103 cm³/mol. The van der Waals surface area contributed by atoms with Crippen LogP contribution in [0.2, 0.25) is 0 Å². The van der Waals surface area contributed by atoms with Gasteiger partial charge in [-0.1, -0.05) is 43.2 Å². The van der Waals surface area contributed by atoms with E-state index < -0.39 is 0 Å². The average molecular weight is 368 g/mol. The lowest BCUT2D eigenvalue weighted by Gasteiger charge is -2.36. The van der Waals surface area contributed by atoms with Crippen LogP contribution in [0.25, 0.3) is 11.3 Å². The van der Waals surface area contributed by atoms with Gasteiger partial charge in [0.05, 0.1) is 11.3 Å². The van der Waals surface area contributed by atoms with Gasteiger partial charge in [-0.2, -0.15) is 5.26 Å². The van der Waals surface area contributed by atoms with E-state index in [0.29, 0.717) is 10.9 Å². The number of hydrogen-bond acceptors (Lipinski definition) is 5. The number of aromatic nitrogens is 1. The zero-order chi connectivity index (χ0) is 17.4. The Kier molecular flexibility index (Phi) is 4.14. The number of nitrogens with one attached hydrogen (secondary N) is 1. The van der Waals surface area contributed by atoms with Crippen molar-refractivity contribution in [1.29, 1.82) is 5.26 Å². The van der Waals surface area contributed by atoms with Crippen LogP contribution in [0.5, 0.6) is 0 Å². The van der Waals surface area contributed by atoms with Gasteiger partial charge in [-0.15, -0.1) is 24.0 Å². The number of thiol groups is 1.